The van der Waals surface area contributed by atoms with Gasteiger partial charge < -0.3 is 0 Å². The molecule has 0 aromatic carbocycles. The summed E-state index contributed by atoms with van der Waals surface area (Å²) in [5.74, 6) is 0. The molecule has 0 bridgehead atoms. The van der Waals surface area contributed by atoms with Crippen LogP contribution in [0.4, 0.5) is 0 Å². The van der Waals surface area contributed by atoms with Crippen LogP contribution in [0.3, 0.4) is 0 Å². The van der Waals surface area contributed by atoms with Crippen molar-refractivity contribution in [3.63, 3.8) is 0 Å². The molecule has 13 heavy (non-hydrogen) atoms. The Labute approximate surface area is 79.6 Å². The molecule has 0 atom stereocenters. The normalized spacial score (nSPS) is 9.85. The van der Waals surface area contributed by atoms with Crippen LogP contribution in [0.15, 0.2) is 24.5 Å². The fourth-order valence-electron chi connectivity index (χ4n) is 1.08. The van der Waals surface area contributed by atoms with Crippen molar-refractivity contribution < 1.29 is 0 Å². The highest BCUT2D eigenvalue weighted by Crippen LogP contribution is 2.19. The number of aromatic nitrogens is 2. The van der Waals surface area contributed by atoms with Gasteiger partial charge in [0.05, 0.1) is 11.1 Å². The maximum absolute atomic E-state index is 8.63. The van der Waals surface area contributed by atoms with Crippen LogP contribution in [0.25, 0.3) is 10.9 Å². The van der Waals surface area contributed by atoms with Crippen LogP contribution < -0.4 is 0 Å². The van der Waals surface area contributed by atoms with Gasteiger partial charge in [0, 0.05) is 17.8 Å². The van der Waals surface area contributed by atoms with Gasteiger partial charge in [-0.25, -0.2) is 4.98 Å². The van der Waals surface area contributed by atoms with Gasteiger partial charge in [-0.2, -0.15) is 5.26 Å². The minimum absolute atomic E-state index is 0.377. The monoisotopic (exact) mass is 189 g/mol. The number of nitriles is 1. The van der Waals surface area contributed by atoms with Crippen molar-refractivity contribution in [1.82, 2.24) is 9.97 Å². The Morgan fingerprint density at radius 1 is 1.38 bits per heavy atom. The summed E-state index contributed by atoms with van der Waals surface area (Å²) in [4.78, 5) is 7.96. The average Bonchev–Trinajstić information content (AvgIpc) is 2.18. The molecule has 62 valence electrons. The standard InChI is InChI=1S/C9H4ClN3/c10-9-7-3-6(4-11)5-13-8(7)1-2-12-9/h1-3,5H. The van der Waals surface area contributed by atoms with Crippen LogP contribution in [0.5, 0.6) is 0 Å². The third kappa shape index (κ3) is 1.32. The molecule has 0 unspecified atom stereocenters. The molecule has 0 spiro atoms. The summed E-state index contributed by atoms with van der Waals surface area (Å²) in [6.45, 7) is 0. The smallest absolute Gasteiger partial charge is 0.138 e. The van der Waals surface area contributed by atoms with Crippen molar-refractivity contribution in [1.29, 1.82) is 5.26 Å². The largest absolute Gasteiger partial charge is 0.255 e. The van der Waals surface area contributed by atoms with E-state index in [0.717, 1.165) is 5.52 Å². The highest BCUT2D eigenvalue weighted by atomic mass is 35.5. The summed E-state index contributed by atoms with van der Waals surface area (Å²) in [5, 5.41) is 9.72. The SMILES string of the molecule is N#Cc1cnc2ccnc(Cl)c2c1. The number of hydrogen-bond acceptors (Lipinski definition) is 3. The van der Waals surface area contributed by atoms with Gasteiger partial charge in [0.15, 0.2) is 0 Å². The topological polar surface area (TPSA) is 49.6 Å². The zero-order valence-corrected chi connectivity index (χ0v) is 7.28. The third-order valence-corrected chi connectivity index (χ3v) is 1.99. The van der Waals surface area contributed by atoms with Gasteiger partial charge in [0.1, 0.15) is 11.2 Å². The van der Waals surface area contributed by atoms with Crippen LogP contribution in [0.1, 0.15) is 5.56 Å². The fourth-order valence-corrected chi connectivity index (χ4v) is 1.29. The quantitative estimate of drug-likeness (QED) is 0.597. The zero-order valence-electron chi connectivity index (χ0n) is 6.53. The Hall–Kier alpha value is -1.66. The minimum Gasteiger partial charge on any atom is -0.255 e. The van der Waals surface area contributed by atoms with Crippen molar-refractivity contribution in [3.8, 4) is 6.07 Å². The number of nitrogens with zero attached hydrogens (tertiary/aromatic N) is 3. The second-order valence-corrected chi connectivity index (χ2v) is 2.86. The first kappa shape index (κ1) is 7.96. The predicted molar refractivity (Wildman–Crippen MR) is 49.3 cm³/mol. The summed E-state index contributed by atoms with van der Waals surface area (Å²) in [6.07, 6.45) is 3.10. The van der Waals surface area contributed by atoms with E-state index in [2.05, 4.69) is 9.97 Å². The van der Waals surface area contributed by atoms with E-state index in [4.69, 9.17) is 16.9 Å². The molecule has 4 heteroatoms. The summed E-state index contributed by atoms with van der Waals surface area (Å²) in [7, 11) is 0. The first-order valence-electron chi connectivity index (χ1n) is 3.61. The maximum atomic E-state index is 8.63. The van der Waals surface area contributed by atoms with Crippen molar-refractivity contribution in [2.24, 2.45) is 0 Å². The molecule has 0 aliphatic heterocycles. The molecule has 2 aromatic rings. The molecule has 0 saturated heterocycles. The van der Waals surface area contributed by atoms with Gasteiger partial charge in [-0.05, 0) is 12.1 Å². The molecule has 0 amide bonds. The number of hydrogen-bond donors (Lipinski definition) is 0. The molecule has 0 aliphatic rings. The first-order valence-corrected chi connectivity index (χ1v) is 3.99. The van der Waals surface area contributed by atoms with E-state index in [9.17, 15) is 0 Å². The zero-order chi connectivity index (χ0) is 9.26. The molecule has 0 N–H and O–H groups in total. The molecular weight excluding hydrogens is 186 g/mol. The summed E-state index contributed by atoms with van der Waals surface area (Å²) >= 11 is 5.83. The van der Waals surface area contributed by atoms with Crippen LogP contribution in [0.2, 0.25) is 5.15 Å². The van der Waals surface area contributed by atoms with Gasteiger partial charge in [0.25, 0.3) is 0 Å². The minimum atomic E-state index is 0.377. The number of halogens is 1. The fraction of sp³-hybridized carbons (Fsp3) is 0. The van der Waals surface area contributed by atoms with E-state index in [1.165, 1.54) is 6.20 Å². The van der Waals surface area contributed by atoms with E-state index in [-0.39, 0.29) is 0 Å². The van der Waals surface area contributed by atoms with E-state index >= 15 is 0 Å². The molecule has 0 fully saturated rings. The molecular formula is C9H4ClN3. The summed E-state index contributed by atoms with van der Waals surface area (Å²) in [5.41, 5.74) is 1.24. The van der Waals surface area contributed by atoms with Crippen molar-refractivity contribution >= 4 is 22.5 Å². The molecule has 0 saturated carbocycles. The van der Waals surface area contributed by atoms with E-state index in [1.807, 2.05) is 6.07 Å². The van der Waals surface area contributed by atoms with E-state index in [0.29, 0.717) is 16.1 Å². The van der Waals surface area contributed by atoms with E-state index in [1.54, 1.807) is 18.3 Å². The lowest BCUT2D eigenvalue weighted by Crippen LogP contribution is -1.84. The van der Waals surface area contributed by atoms with Crippen LogP contribution >= 0.6 is 11.6 Å². The summed E-state index contributed by atoms with van der Waals surface area (Å²) < 4.78 is 0. The highest BCUT2D eigenvalue weighted by molar-refractivity contribution is 6.34. The van der Waals surface area contributed by atoms with Crippen LogP contribution in [-0.4, -0.2) is 9.97 Å². The lowest BCUT2D eigenvalue weighted by molar-refractivity contribution is 1.31. The molecule has 0 radical (unpaired) electrons. The second kappa shape index (κ2) is 3.00. The van der Waals surface area contributed by atoms with Crippen LogP contribution in [-0.2, 0) is 0 Å². The highest BCUT2D eigenvalue weighted by Gasteiger charge is 2.01. The Bertz CT molecular complexity index is 502. The Morgan fingerprint density at radius 3 is 3.00 bits per heavy atom. The molecule has 2 aromatic heterocycles. The Morgan fingerprint density at radius 2 is 2.23 bits per heavy atom. The number of fused-ring (bicyclic) bond motifs is 1. The third-order valence-electron chi connectivity index (χ3n) is 1.69. The van der Waals surface area contributed by atoms with Crippen LogP contribution in [0, 0.1) is 11.3 Å². The van der Waals surface area contributed by atoms with Crippen molar-refractivity contribution in [3.05, 3.63) is 35.2 Å². The van der Waals surface area contributed by atoms with Crippen molar-refractivity contribution in [2.45, 2.75) is 0 Å². The van der Waals surface area contributed by atoms with Gasteiger partial charge in [-0.15, -0.1) is 0 Å². The van der Waals surface area contributed by atoms with Gasteiger partial charge in [-0.1, -0.05) is 11.6 Å². The van der Waals surface area contributed by atoms with Gasteiger partial charge in [0.2, 0.25) is 0 Å². The van der Waals surface area contributed by atoms with Crippen molar-refractivity contribution in [2.75, 3.05) is 0 Å². The number of pyridine rings is 2. The molecule has 2 rings (SSSR count). The maximum Gasteiger partial charge on any atom is 0.138 e. The lowest BCUT2D eigenvalue weighted by atomic mass is 10.2. The van der Waals surface area contributed by atoms with E-state index < -0.39 is 0 Å². The van der Waals surface area contributed by atoms with Gasteiger partial charge in [-0.3, -0.25) is 4.98 Å². The molecule has 2 heterocycles. The molecule has 3 nitrogen and oxygen atoms in total. The first-order chi connectivity index (χ1) is 6.31. The average molecular weight is 190 g/mol. The van der Waals surface area contributed by atoms with Gasteiger partial charge >= 0.3 is 0 Å². The molecule has 0 aliphatic carbocycles. The number of rotatable bonds is 0. The Balaban J connectivity index is 2.84. The predicted octanol–water partition coefficient (Wildman–Crippen LogP) is 2.15. The summed E-state index contributed by atoms with van der Waals surface area (Å²) in [6, 6.07) is 5.43. The second-order valence-electron chi connectivity index (χ2n) is 2.50. The lowest BCUT2D eigenvalue weighted by Gasteiger charge is -1.97. The Kier molecular flexibility index (Phi) is 1.84.